The van der Waals surface area contributed by atoms with Gasteiger partial charge in [-0.05, 0) is 19.1 Å². The van der Waals surface area contributed by atoms with E-state index < -0.39 is 0 Å². The summed E-state index contributed by atoms with van der Waals surface area (Å²) in [6.07, 6.45) is 0.875. The number of ether oxygens (including phenoxy) is 1. The number of rotatable bonds is 4. The molecule has 1 aromatic heterocycles. The molecule has 3 N–H and O–H groups in total. The molecule has 0 unspecified atom stereocenters. The average Bonchev–Trinajstić information content (AvgIpc) is 2.85. The van der Waals surface area contributed by atoms with E-state index in [9.17, 15) is 4.79 Å². The van der Waals surface area contributed by atoms with Gasteiger partial charge >= 0.3 is 6.03 Å². The van der Waals surface area contributed by atoms with Gasteiger partial charge in [0.15, 0.2) is 0 Å². The first-order valence-electron chi connectivity index (χ1n) is 7.74. The first-order valence-corrected chi connectivity index (χ1v) is 7.74. The number of amides is 2. The van der Waals surface area contributed by atoms with Crippen molar-refractivity contribution in [2.24, 2.45) is 7.05 Å². The molecule has 0 aliphatic carbocycles. The van der Waals surface area contributed by atoms with Crippen LogP contribution in [0.5, 0.6) is 5.75 Å². The lowest BCUT2D eigenvalue weighted by Gasteiger charge is -2.15. The molecule has 0 atom stereocenters. The lowest BCUT2D eigenvalue weighted by molar-refractivity contribution is 0.261. The molecule has 7 heteroatoms. The van der Waals surface area contributed by atoms with E-state index in [-0.39, 0.29) is 6.03 Å². The molecule has 3 rings (SSSR count). The fourth-order valence-electron chi connectivity index (χ4n) is 2.70. The summed E-state index contributed by atoms with van der Waals surface area (Å²) >= 11 is 0. The summed E-state index contributed by atoms with van der Waals surface area (Å²) in [4.78, 5) is 12.3. The molecule has 0 spiro atoms. The number of benzene rings is 1. The highest BCUT2D eigenvalue weighted by molar-refractivity contribution is 6.00. The van der Waals surface area contributed by atoms with Crippen LogP contribution in [0, 0.1) is 0 Å². The minimum atomic E-state index is -0.312. The van der Waals surface area contributed by atoms with Gasteiger partial charge in [-0.25, -0.2) is 4.79 Å². The summed E-state index contributed by atoms with van der Waals surface area (Å²) in [5, 5.41) is 13.5. The second-order valence-electron chi connectivity index (χ2n) is 5.33. The second-order valence-corrected chi connectivity index (χ2v) is 5.33. The number of hydrogen-bond acceptors (Lipinski definition) is 4. The monoisotopic (exact) mass is 315 g/mol. The van der Waals surface area contributed by atoms with Crippen molar-refractivity contribution in [2.45, 2.75) is 19.9 Å². The van der Waals surface area contributed by atoms with Gasteiger partial charge < -0.3 is 15.4 Å². The molecule has 1 aromatic carbocycles. The van der Waals surface area contributed by atoms with Crippen LogP contribution in [0.15, 0.2) is 24.3 Å². The van der Waals surface area contributed by atoms with Gasteiger partial charge in [0, 0.05) is 32.1 Å². The number of carbonyl (C=O) groups is 1. The van der Waals surface area contributed by atoms with E-state index in [0.717, 1.165) is 30.0 Å². The maximum atomic E-state index is 12.3. The number of carbonyl (C=O) groups excluding carboxylic acids is 1. The first-order chi connectivity index (χ1) is 11.2. The molecule has 7 nitrogen and oxygen atoms in total. The van der Waals surface area contributed by atoms with Gasteiger partial charge in [0.05, 0.1) is 18.0 Å². The van der Waals surface area contributed by atoms with Crippen LogP contribution in [-0.2, 0) is 20.0 Å². The third-order valence-electron chi connectivity index (χ3n) is 3.74. The van der Waals surface area contributed by atoms with Gasteiger partial charge in [-0.15, -0.1) is 0 Å². The highest BCUT2D eigenvalue weighted by atomic mass is 16.5. The first kappa shape index (κ1) is 15.4. The van der Waals surface area contributed by atoms with Gasteiger partial charge in [0.25, 0.3) is 0 Å². The molecule has 23 heavy (non-hydrogen) atoms. The largest absolute Gasteiger partial charge is 0.492 e. The summed E-state index contributed by atoms with van der Waals surface area (Å²) in [6.45, 7) is 4.08. The van der Waals surface area contributed by atoms with Gasteiger partial charge in [0.1, 0.15) is 11.6 Å². The molecule has 2 amide bonds. The number of nitrogens with zero attached hydrogens (tertiary/aromatic N) is 2. The molecule has 0 saturated carbocycles. The van der Waals surface area contributed by atoms with E-state index in [2.05, 4.69) is 21.0 Å². The summed E-state index contributed by atoms with van der Waals surface area (Å²) in [6, 6.07) is 7.05. The van der Waals surface area contributed by atoms with Gasteiger partial charge in [-0.2, -0.15) is 5.10 Å². The van der Waals surface area contributed by atoms with Gasteiger partial charge in [-0.1, -0.05) is 12.1 Å². The number of hydrogen-bond donors (Lipinski definition) is 3. The smallest absolute Gasteiger partial charge is 0.324 e. The molecule has 0 fully saturated rings. The quantitative estimate of drug-likeness (QED) is 0.807. The number of nitrogens with one attached hydrogen (secondary N) is 3. The van der Waals surface area contributed by atoms with E-state index >= 15 is 0 Å². The molecule has 1 aliphatic rings. The van der Waals surface area contributed by atoms with Crippen molar-refractivity contribution >= 4 is 17.5 Å². The normalized spacial score (nSPS) is 13.3. The van der Waals surface area contributed by atoms with Gasteiger partial charge in [-0.3, -0.25) is 10.00 Å². The Bertz CT molecular complexity index is 710. The van der Waals surface area contributed by atoms with Crippen molar-refractivity contribution in [3.63, 3.8) is 0 Å². The van der Waals surface area contributed by atoms with Crippen LogP contribution in [0.1, 0.15) is 18.2 Å². The minimum Gasteiger partial charge on any atom is -0.492 e. The highest BCUT2D eigenvalue weighted by Crippen LogP contribution is 2.25. The molecule has 0 radical (unpaired) electrons. The van der Waals surface area contributed by atoms with Crippen molar-refractivity contribution in [1.82, 2.24) is 15.1 Å². The molecule has 122 valence electrons. The Balaban J connectivity index is 1.74. The van der Waals surface area contributed by atoms with E-state index in [4.69, 9.17) is 4.74 Å². The Kier molecular flexibility index (Phi) is 4.47. The number of urea groups is 1. The summed E-state index contributed by atoms with van der Waals surface area (Å²) in [7, 11) is 1.84. The molecular weight excluding hydrogens is 294 g/mol. The lowest BCUT2D eigenvalue weighted by Crippen LogP contribution is -2.26. The molecule has 0 bridgehead atoms. The molecule has 0 saturated heterocycles. The Morgan fingerprint density at radius 1 is 1.39 bits per heavy atom. The fraction of sp³-hybridized carbons (Fsp3) is 0.375. The molecule has 2 aromatic rings. The summed E-state index contributed by atoms with van der Waals surface area (Å²) in [5.74, 6) is 1.37. The van der Waals surface area contributed by atoms with Crippen LogP contribution in [0.2, 0.25) is 0 Å². The van der Waals surface area contributed by atoms with E-state index in [1.54, 1.807) is 4.68 Å². The van der Waals surface area contributed by atoms with Crippen molar-refractivity contribution in [2.75, 3.05) is 23.8 Å². The third kappa shape index (κ3) is 3.29. The van der Waals surface area contributed by atoms with Crippen molar-refractivity contribution in [3.8, 4) is 5.75 Å². The summed E-state index contributed by atoms with van der Waals surface area (Å²) < 4.78 is 7.23. The number of anilines is 2. The number of para-hydroxylation sites is 2. The third-order valence-corrected chi connectivity index (χ3v) is 3.74. The van der Waals surface area contributed by atoms with Crippen molar-refractivity contribution in [3.05, 3.63) is 35.5 Å². The Hall–Kier alpha value is -2.54. The molecule has 2 heterocycles. The minimum absolute atomic E-state index is 0.312. The Labute approximate surface area is 135 Å². The Morgan fingerprint density at radius 3 is 3.04 bits per heavy atom. The fourth-order valence-corrected chi connectivity index (χ4v) is 2.70. The predicted octanol–water partition coefficient (Wildman–Crippen LogP) is 2.11. The standard InChI is InChI=1S/C16H21N5O2/c1-3-23-14-7-5-4-6-13(14)18-16(22)19-15-11-10-17-9-8-12(11)20-21(15)2/h4-7,17H,3,8-10H2,1-2H3,(H2,18,19,22). The molecular formula is C16H21N5O2. The topological polar surface area (TPSA) is 80.2 Å². The lowest BCUT2D eigenvalue weighted by atomic mass is 10.1. The Morgan fingerprint density at radius 2 is 2.22 bits per heavy atom. The maximum absolute atomic E-state index is 12.3. The van der Waals surface area contributed by atoms with Crippen molar-refractivity contribution < 1.29 is 9.53 Å². The van der Waals surface area contributed by atoms with E-state index in [0.29, 0.717) is 24.6 Å². The average molecular weight is 315 g/mol. The SMILES string of the molecule is CCOc1ccccc1NC(=O)Nc1c2c(nn1C)CCNC2. The zero-order chi connectivity index (χ0) is 16.2. The van der Waals surface area contributed by atoms with Crippen molar-refractivity contribution in [1.29, 1.82) is 0 Å². The van der Waals surface area contributed by atoms with Crippen LogP contribution >= 0.6 is 0 Å². The number of aromatic nitrogens is 2. The van der Waals surface area contributed by atoms with E-state index in [1.165, 1.54) is 0 Å². The van der Waals surface area contributed by atoms with Crippen LogP contribution in [0.3, 0.4) is 0 Å². The maximum Gasteiger partial charge on any atom is 0.324 e. The second kappa shape index (κ2) is 6.70. The van der Waals surface area contributed by atoms with Crippen LogP contribution in [-0.4, -0.2) is 29.0 Å². The van der Waals surface area contributed by atoms with Crippen LogP contribution < -0.4 is 20.7 Å². The highest BCUT2D eigenvalue weighted by Gasteiger charge is 2.20. The van der Waals surface area contributed by atoms with E-state index in [1.807, 2.05) is 38.2 Å². The summed E-state index contributed by atoms with van der Waals surface area (Å²) in [5.41, 5.74) is 2.73. The van der Waals surface area contributed by atoms with Gasteiger partial charge in [0.2, 0.25) is 0 Å². The number of fused-ring (bicyclic) bond motifs is 1. The molecule has 1 aliphatic heterocycles. The predicted molar refractivity (Wildman–Crippen MR) is 88.9 cm³/mol. The zero-order valence-electron chi connectivity index (χ0n) is 13.3. The number of aryl methyl sites for hydroxylation is 1. The van der Waals surface area contributed by atoms with Crippen LogP contribution in [0.25, 0.3) is 0 Å². The van der Waals surface area contributed by atoms with Crippen LogP contribution in [0.4, 0.5) is 16.3 Å². The zero-order valence-corrected chi connectivity index (χ0v) is 13.3.